The Hall–Kier alpha value is -3.64. The molecule has 2 aromatic heterocycles. The average molecular weight is 534 g/mol. The van der Waals surface area contributed by atoms with Crippen LogP contribution < -0.4 is 26.6 Å². The van der Waals surface area contributed by atoms with Crippen LogP contribution >= 0.6 is 0 Å². The van der Waals surface area contributed by atoms with Crippen LogP contribution in [-0.2, 0) is 11.3 Å². The molecule has 204 valence electrons. The molecule has 1 aliphatic heterocycles. The summed E-state index contributed by atoms with van der Waals surface area (Å²) in [5.41, 5.74) is 0.622. The molecule has 12 heteroatoms. The van der Waals surface area contributed by atoms with Crippen molar-refractivity contribution in [3.8, 4) is 5.75 Å². The number of hydrogen-bond donors (Lipinski definition) is 2. The lowest BCUT2D eigenvalue weighted by atomic mass is 10.1. The number of hydrogen-bond acceptors (Lipinski definition) is 6. The van der Waals surface area contributed by atoms with E-state index in [9.17, 15) is 22.8 Å². The Morgan fingerprint density at radius 1 is 1.08 bits per heavy atom. The molecule has 2 N–H and O–H groups in total. The monoisotopic (exact) mass is 533 g/mol. The van der Waals surface area contributed by atoms with Crippen LogP contribution in [0, 0.1) is 0 Å². The predicted octanol–water partition coefficient (Wildman–Crippen LogP) is 1.66. The molecule has 0 bridgehead atoms. The highest BCUT2D eigenvalue weighted by Gasteiger charge is 2.31. The molecule has 1 aliphatic rings. The molecule has 0 atom stereocenters. The number of imidazole rings is 1. The number of morpholine rings is 1. The maximum Gasteiger partial charge on any atom is 0.573 e. The van der Waals surface area contributed by atoms with Crippen molar-refractivity contribution in [1.82, 2.24) is 24.4 Å². The van der Waals surface area contributed by atoms with Crippen LogP contribution in [0.2, 0.25) is 0 Å². The molecule has 3 aromatic rings. The fourth-order valence-corrected chi connectivity index (χ4v) is 4.41. The molecule has 1 aromatic carbocycles. The van der Waals surface area contributed by atoms with Crippen LogP contribution in [0.15, 0.2) is 40.2 Å². The summed E-state index contributed by atoms with van der Waals surface area (Å²) in [4.78, 5) is 37.4. The molecule has 1 saturated heterocycles. The molecular weight excluding hydrogens is 503 g/mol. The van der Waals surface area contributed by atoms with E-state index in [1.807, 2.05) is 13.8 Å². The van der Waals surface area contributed by atoms with Crippen molar-refractivity contribution < 1.29 is 22.6 Å². The van der Waals surface area contributed by atoms with Crippen LogP contribution in [0.5, 0.6) is 5.75 Å². The van der Waals surface area contributed by atoms with Crippen molar-refractivity contribution in [2.75, 3.05) is 32.8 Å². The minimum atomic E-state index is -4.84. The van der Waals surface area contributed by atoms with Gasteiger partial charge in [-0.2, -0.15) is 0 Å². The zero-order valence-corrected chi connectivity index (χ0v) is 21.2. The van der Waals surface area contributed by atoms with Crippen molar-refractivity contribution in [1.29, 1.82) is 0 Å². The quantitative estimate of drug-likeness (QED) is 0.457. The summed E-state index contributed by atoms with van der Waals surface area (Å²) in [6, 6.07) is 5.10. The normalized spacial score (nSPS) is 15.9. The fraction of sp³-hybridized carbons (Fsp3) is 0.423. The van der Waals surface area contributed by atoms with Gasteiger partial charge >= 0.3 is 6.36 Å². The van der Waals surface area contributed by atoms with E-state index in [0.29, 0.717) is 5.69 Å². The van der Waals surface area contributed by atoms with Gasteiger partial charge in [-0.15, -0.1) is 13.2 Å². The number of ether oxygens (including phenoxy) is 2. The Morgan fingerprint density at radius 3 is 2.42 bits per heavy atom. The number of halogens is 3. The van der Waals surface area contributed by atoms with E-state index in [4.69, 9.17) is 4.74 Å². The third-order valence-electron chi connectivity index (χ3n) is 6.10. The van der Waals surface area contributed by atoms with Gasteiger partial charge in [0.25, 0.3) is 11.1 Å². The largest absolute Gasteiger partial charge is 0.573 e. The Morgan fingerprint density at radius 2 is 1.76 bits per heavy atom. The highest BCUT2D eigenvalue weighted by molar-refractivity contribution is 5.51. The second kappa shape index (κ2) is 11.8. The first kappa shape index (κ1) is 27.4. The highest BCUT2D eigenvalue weighted by atomic mass is 19.4. The van der Waals surface area contributed by atoms with Gasteiger partial charge in [0.15, 0.2) is 0 Å². The number of aryl methyl sites for hydroxylation is 1. The third-order valence-corrected chi connectivity index (χ3v) is 6.10. The van der Waals surface area contributed by atoms with Gasteiger partial charge in [0.1, 0.15) is 16.4 Å². The van der Waals surface area contributed by atoms with Gasteiger partial charge in [-0.25, -0.2) is 4.98 Å². The molecule has 0 radical (unpaired) electrons. The lowest BCUT2D eigenvalue weighted by Gasteiger charge is -2.26. The van der Waals surface area contributed by atoms with Crippen LogP contribution in [0.4, 0.5) is 13.2 Å². The van der Waals surface area contributed by atoms with Crippen LogP contribution in [0.1, 0.15) is 43.1 Å². The van der Waals surface area contributed by atoms with Crippen LogP contribution in [-0.4, -0.2) is 63.6 Å². The Balaban J connectivity index is 1.59. The molecule has 0 saturated carbocycles. The van der Waals surface area contributed by atoms with E-state index in [1.165, 1.54) is 24.3 Å². The van der Waals surface area contributed by atoms with Crippen molar-refractivity contribution in [2.24, 2.45) is 0 Å². The Labute approximate surface area is 216 Å². The summed E-state index contributed by atoms with van der Waals surface area (Å²) in [7, 11) is 0. The predicted molar refractivity (Wildman–Crippen MR) is 135 cm³/mol. The summed E-state index contributed by atoms with van der Waals surface area (Å²) in [6.45, 7) is 9.15. The summed E-state index contributed by atoms with van der Waals surface area (Å²) >= 11 is 0. The lowest BCUT2D eigenvalue weighted by Crippen LogP contribution is -2.46. The molecular formula is C26H30F3N5O4. The summed E-state index contributed by atoms with van der Waals surface area (Å²) in [5, 5.41) is -0.0733. The van der Waals surface area contributed by atoms with E-state index in [-0.39, 0.29) is 22.2 Å². The van der Waals surface area contributed by atoms with Gasteiger partial charge in [-0.3, -0.25) is 14.5 Å². The molecule has 38 heavy (non-hydrogen) atoms. The van der Waals surface area contributed by atoms with Gasteiger partial charge in [0.05, 0.1) is 25.2 Å². The number of aromatic amines is 2. The Kier molecular flexibility index (Phi) is 8.52. The minimum Gasteiger partial charge on any atom is -0.406 e. The number of aromatic nitrogens is 4. The molecule has 3 heterocycles. The molecule has 0 amide bonds. The topological polar surface area (TPSA) is 105 Å². The number of rotatable bonds is 8. The molecule has 0 aliphatic carbocycles. The van der Waals surface area contributed by atoms with Gasteiger partial charge in [0, 0.05) is 31.9 Å². The maximum atomic E-state index is 12.8. The van der Waals surface area contributed by atoms with Crippen molar-refractivity contribution in [3.63, 3.8) is 0 Å². The van der Waals surface area contributed by atoms with Crippen LogP contribution in [0.25, 0.3) is 12.2 Å². The minimum absolute atomic E-state index is 0.0294. The molecule has 0 unspecified atom stereocenters. The van der Waals surface area contributed by atoms with E-state index in [0.717, 1.165) is 63.6 Å². The first-order valence-electron chi connectivity index (χ1n) is 12.4. The fourth-order valence-electron chi connectivity index (χ4n) is 4.41. The standard InChI is InChI=1S/C26H30F3N5O4/c1-17(2)23-20(30-16-34(23)8-4-7-33-9-11-37-12-10-33)15-22-25(36)31-21(24(35)32-22)14-18-5-3-6-19(13-18)38-26(27,28)29/h3,5-6,13-17H,4,7-12H2,1-2H3,(H,31,36)(H,32,35)/b21-14-,22-15-. The van der Waals surface area contributed by atoms with Crippen LogP contribution in [0.3, 0.4) is 0 Å². The summed E-state index contributed by atoms with van der Waals surface area (Å²) in [6.07, 6.45) is 0.648. The number of nitrogens with one attached hydrogen (secondary N) is 2. The lowest BCUT2D eigenvalue weighted by molar-refractivity contribution is -0.274. The van der Waals surface area contributed by atoms with Gasteiger partial charge in [0.2, 0.25) is 0 Å². The van der Waals surface area contributed by atoms with Crippen molar-refractivity contribution >= 4 is 12.2 Å². The second-order valence-corrected chi connectivity index (χ2v) is 9.32. The average Bonchev–Trinajstić information content (AvgIpc) is 3.24. The number of H-pyrrole nitrogens is 2. The van der Waals surface area contributed by atoms with Crippen molar-refractivity contribution in [3.05, 3.63) is 78.9 Å². The first-order chi connectivity index (χ1) is 18.1. The van der Waals surface area contributed by atoms with Gasteiger partial charge < -0.3 is 24.0 Å². The third kappa shape index (κ3) is 7.23. The van der Waals surface area contributed by atoms with E-state index in [1.54, 1.807) is 6.33 Å². The Bertz CT molecular complexity index is 1480. The molecule has 4 rings (SSSR count). The smallest absolute Gasteiger partial charge is 0.406 e. The molecule has 9 nitrogen and oxygen atoms in total. The zero-order chi connectivity index (χ0) is 27.3. The van der Waals surface area contributed by atoms with E-state index in [2.05, 4.69) is 29.2 Å². The van der Waals surface area contributed by atoms with E-state index < -0.39 is 23.2 Å². The SMILES string of the molecule is CC(C)c1c(/C=c2\[nH]c(=O)/c(=C/c3cccc(OC(F)(F)F)c3)[nH]c2=O)ncn1CCCN1CCOCC1. The summed E-state index contributed by atoms with van der Waals surface area (Å²) in [5.74, 6) is -0.312. The molecule has 0 spiro atoms. The van der Waals surface area contributed by atoms with Gasteiger partial charge in [-0.05, 0) is 42.2 Å². The first-order valence-corrected chi connectivity index (χ1v) is 12.4. The van der Waals surface area contributed by atoms with E-state index >= 15 is 0 Å². The zero-order valence-electron chi connectivity index (χ0n) is 21.2. The number of nitrogens with zero attached hydrogens (tertiary/aromatic N) is 3. The van der Waals surface area contributed by atoms with Gasteiger partial charge in [-0.1, -0.05) is 26.0 Å². The summed E-state index contributed by atoms with van der Waals surface area (Å²) < 4.78 is 48.9. The molecule has 1 fully saturated rings. The second-order valence-electron chi connectivity index (χ2n) is 9.32. The highest BCUT2D eigenvalue weighted by Crippen LogP contribution is 2.23. The number of benzene rings is 1. The number of alkyl halides is 3. The van der Waals surface area contributed by atoms with Crippen molar-refractivity contribution in [2.45, 2.75) is 39.1 Å². The maximum absolute atomic E-state index is 12.8.